The molecular formula is C22H18N8O3. The normalized spacial score (nSPS) is 15.5. The molecule has 0 fully saturated rings. The standard InChI is InChI=1S/C22H18N8O3/c1-32-17-6-4-9-30-16(17)11-15(28-30)19-18-13(24-12-25-18)7-10-29(19)22(31)21-27-26-20(33-21)14-5-2-3-8-23-14/h2-6,8-9,11-12,19H,7,10H2,1H3,(H,24,25)/t19-/m1/s1. The zero-order chi connectivity index (χ0) is 22.4. The molecule has 0 aromatic carbocycles. The Balaban J connectivity index is 1.41. The Morgan fingerprint density at radius 1 is 1.21 bits per heavy atom. The number of nitrogens with zero attached hydrogens (tertiary/aromatic N) is 7. The first-order valence-electron chi connectivity index (χ1n) is 10.3. The lowest BCUT2D eigenvalue weighted by Gasteiger charge is -2.32. The first-order chi connectivity index (χ1) is 16.2. The highest BCUT2D eigenvalue weighted by molar-refractivity contribution is 5.90. The van der Waals surface area contributed by atoms with Crippen LogP contribution in [0.15, 0.2) is 59.5 Å². The van der Waals surface area contributed by atoms with E-state index in [0.717, 1.165) is 16.9 Å². The van der Waals surface area contributed by atoms with Gasteiger partial charge in [0, 0.05) is 31.1 Å². The summed E-state index contributed by atoms with van der Waals surface area (Å²) in [6.45, 7) is 0.436. The van der Waals surface area contributed by atoms with Crippen molar-refractivity contribution < 1.29 is 13.9 Å². The van der Waals surface area contributed by atoms with E-state index in [9.17, 15) is 4.79 Å². The van der Waals surface area contributed by atoms with E-state index in [1.54, 1.807) is 41.2 Å². The van der Waals surface area contributed by atoms with Crippen LogP contribution in [0.5, 0.6) is 5.75 Å². The van der Waals surface area contributed by atoms with Crippen LogP contribution in [0.4, 0.5) is 0 Å². The van der Waals surface area contributed by atoms with Gasteiger partial charge in [-0.3, -0.25) is 9.78 Å². The zero-order valence-corrected chi connectivity index (χ0v) is 17.5. The number of ether oxygens (including phenoxy) is 1. The predicted molar refractivity (Wildman–Crippen MR) is 114 cm³/mol. The van der Waals surface area contributed by atoms with Gasteiger partial charge >= 0.3 is 11.8 Å². The Morgan fingerprint density at radius 2 is 2.15 bits per heavy atom. The van der Waals surface area contributed by atoms with Crippen LogP contribution in [0.2, 0.25) is 0 Å². The monoisotopic (exact) mass is 442 g/mol. The van der Waals surface area contributed by atoms with Crippen molar-refractivity contribution in [3.63, 3.8) is 0 Å². The highest BCUT2D eigenvalue weighted by atomic mass is 16.5. The Bertz CT molecular complexity index is 1450. The van der Waals surface area contributed by atoms with Crippen LogP contribution in [0.3, 0.4) is 0 Å². The summed E-state index contributed by atoms with van der Waals surface area (Å²) in [5.74, 6) is 0.364. The van der Waals surface area contributed by atoms with Crippen LogP contribution in [0, 0.1) is 0 Å². The van der Waals surface area contributed by atoms with Crippen LogP contribution < -0.4 is 4.74 Å². The molecule has 11 heteroatoms. The molecule has 0 bridgehead atoms. The second-order valence-electron chi connectivity index (χ2n) is 7.52. The van der Waals surface area contributed by atoms with E-state index in [0.29, 0.717) is 30.1 Å². The number of pyridine rings is 2. The molecule has 1 atom stereocenters. The molecule has 1 amide bonds. The van der Waals surface area contributed by atoms with Crippen LogP contribution in [-0.2, 0) is 6.42 Å². The summed E-state index contributed by atoms with van der Waals surface area (Å²) in [4.78, 5) is 27.0. The Morgan fingerprint density at radius 3 is 3.00 bits per heavy atom. The topological polar surface area (TPSA) is 127 Å². The van der Waals surface area contributed by atoms with Gasteiger partial charge in [0.15, 0.2) is 0 Å². The predicted octanol–water partition coefficient (Wildman–Crippen LogP) is 2.30. The number of amides is 1. The van der Waals surface area contributed by atoms with Crippen molar-refractivity contribution in [1.29, 1.82) is 0 Å². The van der Waals surface area contributed by atoms with E-state index in [1.807, 2.05) is 30.5 Å². The summed E-state index contributed by atoms with van der Waals surface area (Å²) in [6.07, 6.45) is 5.71. The molecule has 1 aliphatic heterocycles. The van der Waals surface area contributed by atoms with Crippen LogP contribution in [0.1, 0.15) is 33.8 Å². The fraction of sp³-hybridized carbons (Fsp3) is 0.182. The molecule has 0 saturated heterocycles. The fourth-order valence-electron chi connectivity index (χ4n) is 4.13. The van der Waals surface area contributed by atoms with Crippen LogP contribution in [-0.4, -0.2) is 59.2 Å². The number of imidazole rings is 1. The third-order valence-corrected chi connectivity index (χ3v) is 5.66. The van der Waals surface area contributed by atoms with E-state index in [1.165, 1.54) is 0 Å². The van der Waals surface area contributed by atoms with Crippen LogP contribution >= 0.6 is 0 Å². The smallest absolute Gasteiger partial charge is 0.312 e. The van der Waals surface area contributed by atoms with E-state index in [4.69, 9.17) is 14.3 Å². The summed E-state index contributed by atoms with van der Waals surface area (Å²) in [6, 6.07) is 10.4. The third kappa shape index (κ3) is 3.13. The maximum atomic E-state index is 13.5. The summed E-state index contributed by atoms with van der Waals surface area (Å²) >= 11 is 0. The number of H-pyrrole nitrogens is 1. The van der Waals surface area contributed by atoms with Crippen molar-refractivity contribution in [3.8, 4) is 17.3 Å². The molecular weight excluding hydrogens is 424 g/mol. The number of fused-ring (bicyclic) bond motifs is 2. The fourth-order valence-corrected chi connectivity index (χ4v) is 4.13. The maximum absolute atomic E-state index is 13.5. The van der Waals surface area contributed by atoms with Gasteiger partial charge in [0.25, 0.3) is 5.89 Å². The molecule has 6 rings (SSSR count). The largest absolute Gasteiger partial charge is 0.494 e. The van der Waals surface area contributed by atoms with Crippen molar-refractivity contribution in [3.05, 3.63) is 78.1 Å². The average Bonchev–Trinajstić information content (AvgIpc) is 3.62. The van der Waals surface area contributed by atoms with Gasteiger partial charge in [-0.25, -0.2) is 9.50 Å². The zero-order valence-electron chi connectivity index (χ0n) is 17.5. The second-order valence-corrected chi connectivity index (χ2v) is 7.52. The van der Waals surface area contributed by atoms with Crippen LogP contribution in [0.25, 0.3) is 17.1 Å². The molecule has 0 aliphatic carbocycles. The van der Waals surface area contributed by atoms with Gasteiger partial charge in [-0.2, -0.15) is 5.10 Å². The molecule has 5 aromatic rings. The van der Waals surface area contributed by atoms with Crippen molar-refractivity contribution >= 4 is 11.4 Å². The molecule has 33 heavy (non-hydrogen) atoms. The highest BCUT2D eigenvalue weighted by Crippen LogP contribution is 2.35. The Kier molecular flexibility index (Phi) is 4.39. The molecule has 11 nitrogen and oxygen atoms in total. The van der Waals surface area contributed by atoms with E-state index in [2.05, 4.69) is 25.1 Å². The molecule has 1 aliphatic rings. The SMILES string of the molecule is COc1cccn2nc([C@@H]3c4nc[nH]c4CCN3C(=O)c3nnc(-c4ccccn4)o3)cc12. The number of methoxy groups -OCH3 is 1. The molecule has 1 N–H and O–H groups in total. The summed E-state index contributed by atoms with van der Waals surface area (Å²) in [7, 11) is 1.61. The molecule has 0 spiro atoms. The van der Waals surface area contributed by atoms with Gasteiger partial charge in [0.05, 0.1) is 24.8 Å². The maximum Gasteiger partial charge on any atom is 0.312 e. The number of carbonyl (C=O) groups is 1. The average molecular weight is 442 g/mol. The number of hydrogen-bond donors (Lipinski definition) is 1. The van der Waals surface area contributed by atoms with Gasteiger partial charge in [-0.05, 0) is 30.3 Å². The number of rotatable bonds is 4. The van der Waals surface area contributed by atoms with Gasteiger partial charge in [-0.15, -0.1) is 10.2 Å². The first-order valence-corrected chi connectivity index (χ1v) is 10.3. The molecule has 6 heterocycles. The number of aromatic nitrogens is 7. The van der Waals surface area contributed by atoms with E-state index in [-0.39, 0.29) is 11.8 Å². The van der Waals surface area contributed by atoms with Crippen molar-refractivity contribution in [2.45, 2.75) is 12.5 Å². The summed E-state index contributed by atoms with van der Waals surface area (Å²) < 4.78 is 12.9. The first kappa shape index (κ1) is 19.2. The van der Waals surface area contributed by atoms with Crippen molar-refractivity contribution in [2.75, 3.05) is 13.7 Å². The van der Waals surface area contributed by atoms with Gasteiger partial charge in [-0.1, -0.05) is 6.07 Å². The summed E-state index contributed by atoms with van der Waals surface area (Å²) in [5, 5.41) is 12.7. The molecule has 5 aromatic heterocycles. The Hall–Kier alpha value is -4.54. The number of aromatic amines is 1. The van der Waals surface area contributed by atoms with Crippen molar-refractivity contribution in [2.24, 2.45) is 0 Å². The minimum Gasteiger partial charge on any atom is -0.494 e. The van der Waals surface area contributed by atoms with Gasteiger partial charge in [0.1, 0.15) is 23.0 Å². The number of nitrogens with one attached hydrogen (secondary N) is 1. The Labute approximate surface area is 187 Å². The van der Waals surface area contributed by atoms with E-state index < -0.39 is 11.9 Å². The lowest BCUT2D eigenvalue weighted by Crippen LogP contribution is -2.41. The molecule has 0 unspecified atom stereocenters. The lowest BCUT2D eigenvalue weighted by atomic mass is 9.99. The molecule has 0 radical (unpaired) electrons. The quantitative estimate of drug-likeness (QED) is 0.449. The minimum absolute atomic E-state index is 0.110. The van der Waals surface area contributed by atoms with E-state index >= 15 is 0 Å². The summed E-state index contributed by atoms with van der Waals surface area (Å²) in [5.41, 5.74) is 3.65. The lowest BCUT2D eigenvalue weighted by molar-refractivity contribution is 0.0646. The highest BCUT2D eigenvalue weighted by Gasteiger charge is 2.38. The molecule has 0 saturated carbocycles. The third-order valence-electron chi connectivity index (χ3n) is 5.66. The van der Waals surface area contributed by atoms with Gasteiger partial charge in [0.2, 0.25) is 0 Å². The molecule has 164 valence electrons. The minimum atomic E-state index is -0.526. The van der Waals surface area contributed by atoms with Crippen molar-refractivity contribution in [1.82, 2.24) is 39.7 Å². The number of carbonyl (C=O) groups excluding carboxylic acids is 1. The second kappa shape index (κ2) is 7.55. The van der Waals surface area contributed by atoms with Gasteiger partial charge < -0.3 is 19.0 Å². The number of hydrogen-bond acceptors (Lipinski definition) is 8.